The van der Waals surface area contributed by atoms with E-state index < -0.39 is 0 Å². The van der Waals surface area contributed by atoms with Crippen LogP contribution in [0.2, 0.25) is 0 Å². The molecule has 0 atom stereocenters. The van der Waals surface area contributed by atoms with Crippen LogP contribution in [-0.2, 0) is 26.6 Å². The van der Waals surface area contributed by atoms with Crippen LogP contribution in [0.25, 0.3) is 0 Å². The number of rotatable bonds is 5. The summed E-state index contributed by atoms with van der Waals surface area (Å²) < 4.78 is 7.68. The van der Waals surface area contributed by atoms with Gasteiger partial charge < -0.3 is 10.5 Å². The van der Waals surface area contributed by atoms with Crippen LogP contribution >= 0.6 is 0 Å². The highest BCUT2D eigenvalue weighted by molar-refractivity contribution is 5.33. The number of hydrogen-bond donors (Lipinski definition) is 1. The maximum Gasteiger partial charge on any atom is 0.130 e. The van der Waals surface area contributed by atoms with E-state index in [9.17, 15) is 0 Å². The number of benzene rings is 1. The quantitative estimate of drug-likeness (QED) is 0.876. The Morgan fingerprint density at radius 2 is 2.11 bits per heavy atom. The van der Waals surface area contributed by atoms with Crippen molar-refractivity contribution in [3.8, 4) is 5.75 Å². The first-order valence-electron chi connectivity index (χ1n) is 6.17. The lowest BCUT2D eigenvalue weighted by molar-refractivity contribution is 0.292. The molecule has 0 radical (unpaired) electrons. The van der Waals surface area contributed by atoms with Crippen LogP contribution in [-0.4, -0.2) is 9.78 Å². The summed E-state index contributed by atoms with van der Waals surface area (Å²) in [4.78, 5) is 0. The van der Waals surface area contributed by atoms with Gasteiger partial charge in [-0.15, -0.1) is 0 Å². The molecule has 0 fully saturated rings. The third kappa shape index (κ3) is 2.71. The number of nitrogens with two attached hydrogens (primary N) is 1. The van der Waals surface area contributed by atoms with Gasteiger partial charge in [0.1, 0.15) is 12.4 Å². The molecule has 1 heterocycles. The van der Waals surface area contributed by atoms with Crippen LogP contribution < -0.4 is 10.5 Å². The van der Waals surface area contributed by atoms with Crippen LogP contribution in [0.15, 0.2) is 30.3 Å². The van der Waals surface area contributed by atoms with Crippen molar-refractivity contribution in [3.05, 3.63) is 47.3 Å². The summed E-state index contributed by atoms with van der Waals surface area (Å²) in [6, 6.07) is 9.92. The number of hydrogen-bond acceptors (Lipinski definition) is 3. The summed E-state index contributed by atoms with van der Waals surface area (Å²) in [7, 11) is 1.94. The van der Waals surface area contributed by atoms with Crippen molar-refractivity contribution >= 4 is 0 Å². The van der Waals surface area contributed by atoms with Crippen molar-refractivity contribution in [3.63, 3.8) is 0 Å². The standard InChI is InChI=1S/C14H19N3O/c1-3-12-8-13(17(2)16-12)10-18-14-7-5-4-6-11(14)9-15/h4-8H,3,9-10,15H2,1-2H3. The lowest BCUT2D eigenvalue weighted by Gasteiger charge is -2.09. The normalized spacial score (nSPS) is 10.6. The lowest BCUT2D eigenvalue weighted by atomic mass is 10.2. The van der Waals surface area contributed by atoms with E-state index in [0.717, 1.165) is 29.1 Å². The number of aromatic nitrogens is 2. The molecule has 18 heavy (non-hydrogen) atoms. The summed E-state index contributed by atoms with van der Waals surface area (Å²) in [5.41, 5.74) is 8.86. The second kappa shape index (κ2) is 5.69. The van der Waals surface area contributed by atoms with E-state index >= 15 is 0 Å². The smallest absolute Gasteiger partial charge is 0.130 e. The molecule has 0 spiro atoms. The SMILES string of the molecule is CCc1cc(COc2ccccc2CN)n(C)n1. The Hall–Kier alpha value is -1.81. The monoisotopic (exact) mass is 245 g/mol. The van der Waals surface area contributed by atoms with Gasteiger partial charge in [-0.25, -0.2) is 0 Å². The minimum Gasteiger partial charge on any atom is -0.487 e. The maximum absolute atomic E-state index is 5.81. The van der Waals surface area contributed by atoms with Crippen molar-refractivity contribution < 1.29 is 4.74 Å². The van der Waals surface area contributed by atoms with E-state index in [-0.39, 0.29) is 0 Å². The highest BCUT2D eigenvalue weighted by Gasteiger charge is 2.06. The Bertz CT molecular complexity index is 520. The van der Waals surface area contributed by atoms with E-state index in [1.54, 1.807) is 0 Å². The first-order valence-corrected chi connectivity index (χ1v) is 6.17. The number of ether oxygens (including phenoxy) is 1. The predicted molar refractivity (Wildman–Crippen MR) is 71.3 cm³/mol. The van der Waals surface area contributed by atoms with Gasteiger partial charge >= 0.3 is 0 Å². The van der Waals surface area contributed by atoms with Gasteiger partial charge in [0.05, 0.1) is 11.4 Å². The molecule has 96 valence electrons. The lowest BCUT2D eigenvalue weighted by Crippen LogP contribution is -2.05. The van der Waals surface area contributed by atoms with Crippen LogP contribution in [0, 0.1) is 0 Å². The fraction of sp³-hybridized carbons (Fsp3) is 0.357. The molecule has 2 N–H and O–H groups in total. The maximum atomic E-state index is 5.81. The van der Waals surface area contributed by atoms with Crippen molar-refractivity contribution in [2.75, 3.05) is 0 Å². The molecule has 2 aromatic rings. The molecular formula is C14H19N3O. The van der Waals surface area contributed by atoms with E-state index in [0.29, 0.717) is 13.2 Å². The summed E-state index contributed by atoms with van der Waals surface area (Å²) in [5, 5.41) is 4.40. The minimum atomic E-state index is 0.488. The molecule has 0 aliphatic carbocycles. The van der Waals surface area contributed by atoms with Crippen LogP contribution in [0.4, 0.5) is 0 Å². The first-order chi connectivity index (χ1) is 8.74. The summed E-state index contributed by atoms with van der Waals surface area (Å²) in [6.07, 6.45) is 0.938. The average Bonchev–Trinajstić information content (AvgIpc) is 2.77. The molecule has 1 aromatic carbocycles. The number of aryl methyl sites for hydroxylation is 2. The van der Waals surface area contributed by atoms with Gasteiger partial charge in [0.2, 0.25) is 0 Å². The molecule has 0 unspecified atom stereocenters. The third-order valence-corrected chi connectivity index (χ3v) is 2.96. The molecule has 0 aliphatic rings. The van der Waals surface area contributed by atoms with Gasteiger partial charge in [-0.3, -0.25) is 4.68 Å². The molecule has 0 amide bonds. The molecule has 0 bridgehead atoms. The highest BCUT2D eigenvalue weighted by atomic mass is 16.5. The van der Waals surface area contributed by atoms with Crippen LogP contribution in [0.1, 0.15) is 23.9 Å². The van der Waals surface area contributed by atoms with E-state index in [2.05, 4.69) is 18.1 Å². The second-order valence-corrected chi connectivity index (χ2v) is 4.20. The zero-order chi connectivity index (χ0) is 13.0. The van der Waals surface area contributed by atoms with E-state index in [4.69, 9.17) is 10.5 Å². The summed E-state index contributed by atoms with van der Waals surface area (Å²) in [6.45, 7) is 3.10. The Balaban J connectivity index is 2.08. The largest absolute Gasteiger partial charge is 0.487 e. The first kappa shape index (κ1) is 12.6. The van der Waals surface area contributed by atoms with E-state index in [1.807, 2.05) is 36.0 Å². The molecule has 1 aromatic heterocycles. The third-order valence-electron chi connectivity index (χ3n) is 2.96. The minimum absolute atomic E-state index is 0.488. The number of nitrogens with zero attached hydrogens (tertiary/aromatic N) is 2. The Morgan fingerprint density at radius 1 is 1.33 bits per heavy atom. The van der Waals surface area contributed by atoms with Gasteiger partial charge in [-0.2, -0.15) is 5.10 Å². The highest BCUT2D eigenvalue weighted by Crippen LogP contribution is 2.18. The molecule has 4 nitrogen and oxygen atoms in total. The zero-order valence-electron chi connectivity index (χ0n) is 10.9. The second-order valence-electron chi connectivity index (χ2n) is 4.20. The molecule has 0 saturated heterocycles. The fourth-order valence-electron chi connectivity index (χ4n) is 1.84. The topological polar surface area (TPSA) is 53.1 Å². The molecular weight excluding hydrogens is 226 g/mol. The van der Waals surface area contributed by atoms with E-state index in [1.165, 1.54) is 0 Å². The molecule has 0 aliphatic heterocycles. The molecule has 4 heteroatoms. The van der Waals surface area contributed by atoms with Gasteiger partial charge in [-0.1, -0.05) is 25.1 Å². The average molecular weight is 245 g/mol. The van der Waals surface area contributed by atoms with Gasteiger partial charge in [-0.05, 0) is 18.6 Å². The van der Waals surface area contributed by atoms with Crippen molar-refractivity contribution in [2.45, 2.75) is 26.5 Å². The Morgan fingerprint density at radius 3 is 2.78 bits per heavy atom. The zero-order valence-corrected chi connectivity index (χ0v) is 10.9. The number of para-hydroxylation sites is 1. The molecule has 2 rings (SSSR count). The predicted octanol–water partition coefficient (Wildman–Crippen LogP) is 2.02. The van der Waals surface area contributed by atoms with Crippen LogP contribution in [0.5, 0.6) is 5.75 Å². The van der Waals surface area contributed by atoms with Crippen molar-refractivity contribution in [1.29, 1.82) is 0 Å². The molecule has 0 saturated carbocycles. The van der Waals surface area contributed by atoms with Crippen LogP contribution in [0.3, 0.4) is 0 Å². The van der Waals surface area contributed by atoms with Crippen molar-refractivity contribution in [2.24, 2.45) is 12.8 Å². The Labute approximate surface area is 107 Å². The summed E-state index contributed by atoms with van der Waals surface area (Å²) >= 11 is 0. The Kier molecular flexibility index (Phi) is 3.99. The van der Waals surface area contributed by atoms with Crippen molar-refractivity contribution in [1.82, 2.24) is 9.78 Å². The van der Waals surface area contributed by atoms with Gasteiger partial charge in [0.15, 0.2) is 0 Å². The van der Waals surface area contributed by atoms with Gasteiger partial charge in [0.25, 0.3) is 0 Å². The summed E-state index contributed by atoms with van der Waals surface area (Å²) in [5.74, 6) is 0.847. The van der Waals surface area contributed by atoms with Gasteiger partial charge in [0, 0.05) is 19.2 Å². The fourth-order valence-corrected chi connectivity index (χ4v) is 1.84.